The lowest BCUT2D eigenvalue weighted by molar-refractivity contribution is -0.120. The first-order chi connectivity index (χ1) is 13.5. The molecule has 1 aliphatic rings. The number of carbonyl (C=O) groups is 2. The van der Waals surface area contributed by atoms with Gasteiger partial charge in [-0.3, -0.25) is 14.2 Å². The van der Waals surface area contributed by atoms with Crippen molar-refractivity contribution in [3.05, 3.63) is 66.0 Å². The van der Waals surface area contributed by atoms with Crippen molar-refractivity contribution in [2.45, 2.75) is 19.0 Å². The molecule has 28 heavy (non-hydrogen) atoms. The normalized spacial score (nSPS) is 13.2. The molecule has 0 atom stereocenters. The Morgan fingerprint density at radius 1 is 1.18 bits per heavy atom. The summed E-state index contributed by atoms with van der Waals surface area (Å²) in [7, 11) is 0. The highest BCUT2D eigenvalue weighted by Crippen LogP contribution is 2.30. The number of anilines is 2. The SMILES string of the molecule is Cc1ccc(-n2ccnc2SCC(=O)N2CC(=O)Nc3ccccc32)c(C)c1. The van der Waals surface area contributed by atoms with Crippen LogP contribution in [0.25, 0.3) is 5.69 Å². The lowest BCUT2D eigenvalue weighted by Gasteiger charge is -2.29. The van der Waals surface area contributed by atoms with Gasteiger partial charge in [-0.25, -0.2) is 4.98 Å². The number of benzene rings is 2. The van der Waals surface area contributed by atoms with Gasteiger partial charge < -0.3 is 10.2 Å². The quantitative estimate of drug-likeness (QED) is 0.690. The van der Waals surface area contributed by atoms with Crippen LogP contribution in [0.15, 0.2) is 60.0 Å². The van der Waals surface area contributed by atoms with Crippen LogP contribution < -0.4 is 10.2 Å². The van der Waals surface area contributed by atoms with Crippen LogP contribution in [-0.4, -0.2) is 33.7 Å². The van der Waals surface area contributed by atoms with Crippen molar-refractivity contribution in [2.24, 2.45) is 0 Å². The molecule has 1 N–H and O–H groups in total. The van der Waals surface area contributed by atoms with Crippen molar-refractivity contribution in [3.8, 4) is 5.69 Å². The summed E-state index contributed by atoms with van der Waals surface area (Å²) in [5, 5.41) is 3.55. The Kier molecular flexibility index (Phi) is 4.92. The third kappa shape index (κ3) is 3.53. The van der Waals surface area contributed by atoms with Crippen molar-refractivity contribution >= 4 is 35.0 Å². The highest BCUT2D eigenvalue weighted by molar-refractivity contribution is 7.99. The maximum absolute atomic E-state index is 12.8. The molecular formula is C21H20N4O2S. The van der Waals surface area contributed by atoms with Gasteiger partial charge in [-0.1, -0.05) is 41.6 Å². The Balaban J connectivity index is 1.53. The molecule has 4 rings (SSSR count). The Bertz CT molecular complexity index is 1060. The van der Waals surface area contributed by atoms with E-state index in [-0.39, 0.29) is 24.1 Å². The van der Waals surface area contributed by atoms with Gasteiger partial charge in [0.15, 0.2) is 5.16 Å². The van der Waals surface area contributed by atoms with E-state index in [0.717, 1.165) is 22.1 Å². The van der Waals surface area contributed by atoms with Gasteiger partial charge >= 0.3 is 0 Å². The molecule has 0 radical (unpaired) electrons. The number of aryl methyl sites for hydroxylation is 2. The van der Waals surface area contributed by atoms with E-state index in [0.29, 0.717) is 5.69 Å². The third-order valence-corrected chi connectivity index (χ3v) is 5.57. The minimum Gasteiger partial charge on any atom is -0.323 e. The Morgan fingerprint density at radius 2 is 2.00 bits per heavy atom. The maximum Gasteiger partial charge on any atom is 0.244 e. The Morgan fingerprint density at radius 3 is 2.82 bits per heavy atom. The van der Waals surface area contributed by atoms with Crippen LogP contribution in [0.4, 0.5) is 11.4 Å². The molecule has 0 saturated carbocycles. The van der Waals surface area contributed by atoms with Crippen LogP contribution >= 0.6 is 11.8 Å². The number of imidazole rings is 1. The van der Waals surface area contributed by atoms with Gasteiger partial charge in [-0.05, 0) is 37.6 Å². The fourth-order valence-electron chi connectivity index (χ4n) is 3.32. The molecule has 2 aromatic carbocycles. The van der Waals surface area contributed by atoms with Gasteiger partial charge in [0, 0.05) is 12.4 Å². The van der Waals surface area contributed by atoms with Crippen LogP contribution in [0.5, 0.6) is 0 Å². The van der Waals surface area contributed by atoms with Gasteiger partial charge in [0.1, 0.15) is 6.54 Å². The van der Waals surface area contributed by atoms with Crippen LogP contribution in [0.3, 0.4) is 0 Å². The largest absolute Gasteiger partial charge is 0.323 e. The first-order valence-corrected chi connectivity index (χ1v) is 9.94. The predicted molar refractivity (Wildman–Crippen MR) is 111 cm³/mol. The van der Waals surface area contributed by atoms with Gasteiger partial charge in [0.05, 0.1) is 22.8 Å². The first kappa shape index (κ1) is 18.3. The maximum atomic E-state index is 12.8. The van der Waals surface area contributed by atoms with E-state index in [1.165, 1.54) is 22.2 Å². The summed E-state index contributed by atoms with van der Waals surface area (Å²) in [6, 6.07) is 13.6. The molecule has 0 bridgehead atoms. The van der Waals surface area contributed by atoms with E-state index in [4.69, 9.17) is 0 Å². The minimum atomic E-state index is -0.186. The number of rotatable bonds is 4. The Hall–Kier alpha value is -3.06. The molecule has 2 heterocycles. The van der Waals surface area contributed by atoms with Crippen molar-refractivity contribution < 1.29 is 9.59 Å². The summed E-state index contributed by atoms with van der Waals surface area (Å²) in [4.78, 5) is 30.7. The van der Waals surface area contributed by atoms with Crippen LogP contribution in [0.1, 0.15) is 11.1 Å². The first-order valence-electron chi connectivity index (χ1n) is 8.96. The number of hydrogen-bond donors (Lipinski definition) is 1. The number of para-hydroxylation sites is 2. The molecular weight excluding hydrogens is 372 g/mol. The lowest BCUT2D eigenvalue weighted by atomic mass is 10.1. The second-order valence-electron chi connectivity index (χ2n) is 6.70. The molecule has 3 aromatic rings. The van der Waals surface area contributed by atoms with E-state index >= 15 is 0 Å². The zero-order valence-electron chi connectivity index (χ0n) is 15.7. The average Bonchev–Trinajstić information content (AvgIpc) is 3.13. The van der Waals surface area contributed by atoms with Crippen LogP contribution in [0, 0.1) is 13.8 Å². The zero-order valence-corrected chi connectivity index (χ0v) is 16.5. The number of thioether (sulfide) groups is 1. The summed E-state index contributed by atoms with van der Waals surface area (Å²) in [5.74, 6) is -0.111. The second-order valence-corrected chi connectivity index (χ2v) is 7.65. The fraction of sp³-hybridized carbons (Fsp3) is 0.190. The van der Waals surface area contributed by atoms with Crippen LogP contribution in [-0.2, 0) is 9.59 Å². The van der Waals surface area contributed by atoms with Crippen molar-refractivity contribution in [2.75, 3.05) is 22.5 Å². The van der Waals surface area contributed by atoms with E-state index in [1.807, 2.05) is 29.0 Å². The van der Waals surface area contributed by atoms with Gasteiger partial charge in [-0.2, -0.15) is 0 Å². The standard InChI is InChI=1S/C21H20N4O2S/c1-14-7-8-17(15(2)11-14)24-10-9-22-21(24)28-13-20(27)25-12-19(26)23-16-5-3-4-6-18(16)25/h3-11H,12-13H2,1-2H3,(H,23,26). The zero-order chi connectivity index (χ0) is 19.7. The molecule has 0 saturated heterocycles. The van der Waals surface area contributed by atoms with Gasteiger partial charge in [0.2, 0.25) is 11.8 Å². The molecule has 6 nitrogen and oxygen atoms in total. The topological polar surface area (TPSA) is 67.2 Å². The summed E-state index contributed by atoms with van der Waals surface area (Å²) >= 11 is 1.37. The fourth-order valence-corrected chi connectivity index (χ4v) is 4.16. The number of nitrogens with one attached hydrogen (secondary N) is 1. The van der Waals surface area contributed by atoms with E-state index in [2.05, 4.69) is 42.3 Å². The predicted octanol–water partition coefficient (Wildman–Crippen LogP) is 3.57. The lowest BCUT2D eigenvalue weighted by Crippen LogP contribution is -2.43. The minimum absolute atomic E-state index is 0.0297. The molecule has 142 valence electrons. The molecule has 0 spiro atoms. The smallest absolute Gasteiger partial charge is 0.244 e. The molecule has 1 aromatic heterocycles. The number of amides is 2. The monoisotopic (exact) mass is 392 g/mol. The summed E-state index contributed by atoms with van der Waals surface area (Å²) in [6.45, 7) is 4.15. The second kappa shape index (κ2) is 7.52. The van der Waals surface area contributed by atoms with E-state index in [9.17, 15) is 9.59 Å². The summed E-state index contributed by atoms with van der Waals surface area (Å²) < 4.78 is 1.99. The average molecular weight is 392 g/mol. The third-order valence-electron chi connectivity index (χ3n) is 4.62. The molecule has 1 aliphatic heterocycles. The highest BCUT2D eigenvalue weighted by Gasteiger charge is 2.26. The molecule has 0 aliphatic carbocycles. The summed E-state index contributed by atoms with van der Waals surface area (Å²) in [5.41, 5.74) is 4.78. The number of hydrogen-bond acceptors (Lipinski definition) is 4. The number of aromatic nitrogens is 2. The molecule has 7 heteroatoms. The van der Waals surface area contributed by atoms with Crippen molar-refractivity contribution in [1.29, 1.82) is 0 Å². The van der Waals surface area contributed by atoms with E-state index in [1.54, 1.807) is 12.3 Å². The van der Waals surface area contributed by atoms with Gasteiger partial charge in [0.25, 0.3) is 0 Å². The Labute approximate surface area is 167 Å². The highest BCUT2D eigenvalue weighted by atomic mass is 32.2. The van der Waals surface area contributed by atoms with Crippen molar-refractivity contribution in [1.82, 2.24) is 9.55 Å². The summed E-state index contributed by atoms with van der Waals surface area (Å²) in [6.07, 6.45) is 3.63. The molecule has 0 unspecified atom stereocenters. The molecule has 0 fully saturated rings. The van der Waals surface area contributed by atoms with Gasteiger partial charge in [-0.15, -0.1) is 0 Å². The van der Waals surface area contributed by atoms with Crippen molar-refractivity contribution in [3.63, 3.8) is 0 Å². The number of nitrogens with zero attached hydrogens (tertiary/aromatic N) is 3. The number of carbonyl (C=O) groups excluding carboxylic acids is 2. The number of fused-ring (bicyclic) bond motifs is 1. The van der Waals surface area contributed by atoms with E-state index < -0.39 is 0 Å². The van der Waals surface area contributed by atoms with Crippen LogP contribution in [0.2, 0.25) is 0 Å². The molecule has 2 amide bonds.